The van der Waals surface area contributed by atoms with Gasteiger partial charge in [0.05, 0.1) is 24.3 Å². The van der Waals surface area contributed by atoms with Crippen molar-refractivity contribution < 1.29 is 23.4 Å². The summed E-state index contributed by atoms with van der Waals surface area (Å²) in [6.45, 7) is 6.70. The van der Waals surface area contributed by atoms with Gasteiger partial charge in [0.25, 0.3) is 0 Å². The quantitative estimate of drug-likeness (QED) is 0.393. The van der Waals surface area contributed by atoms with Crippen LogP contribution < -0.4 is 14.4 Å². The molecule has 2 aromatic rings. The van der Waals surface area contributed by atoms with Gasteiger partial charge in [-0.15, -0.1) is 0 Å². The molecule has 1 aliphatic rings. The fourth-order valence-electron chi connectivity index (χ4n) is 4.10. The monoisotopic (exact) mass is 462 g/mol. The number of pyridine rings is 1. The number of nitrogens with zero attached hydrogens (tertiary/aromatic N) is 2. The lowest BCUT2D eigenvalue weighted by molar-refractivity contribution is 0.240. The fraction of sp³-hybridized carbons (Fsp3) is 0.577. The van der Waals surface area contributed by atoms with E-state index in [2.05, 4.69) is 11.9 Å². The Morgan fingerprint density at radius 2 is 1.64 bits per heavy atom. The molecule has 0 bridgehead atoms. The highest BCUT2D eigenvalue weighted by molar-refractivity contribution is 5.72. The molecule has 1 fully saturated rings. The predicted molar refractivity (Wildman–Crippen MR) is 127 cm³/mol. The number of hydrogen-bond donors (Lipinski definition) is 1. The molecule has 0 amide bonds. The number of piperidine rings is 1. The number of aliphatic hydroxyl groups excluding tert-OH is 1. The summed E-state index contributed by atoms with van der Waals surface area (Å²) < 4.78 is 42.0. The Labute approximate surface area is 195 Å². The zero-order valence-electron chi connectivity index (χ0n) is 19.8. The van der Waals surface area contributed by atoms with Gasteiger partial charge in [-0.1, -0.05) is 26.7 Å². The van der Waals surface area contributed by atoms with Crippen molar-refractivity contribution in [1.29, 1.82) is 0 Å². The number of hydrogen-bond acceptors (Lipinski definition) is 5. The number of rotatable bonds is 12. The van der Waals surface area contributed by atoms with Crippen LogP contribution in [-0.4, -0.2) is 43.0 Å². The molecular formula is C26H36F2N2O3. The molecule has 0 saturated carbocycles. The third-order valence-electron chi connectivity index (χ3n) is 6.13. The maximum absolute atomic E-state index is 15.3. The molecular weight excluding hydrogens is 426 g/mol. The van der Waals surface area contributed by atoms with Crippen molar-refractivity contribution in [3.63, 3.8) is 0 Å². The molecule has 7 heteroatoms. The van der Waals surface area contributed by atoms with Crippen LogP contribution in [-0.2, 0) is 0 Å². The molecule has 3 rings (SSSR count). The number of aliphatic hydroxyl groups is 1. The average molecular weight is 463 g/mol. The molecule has 1 saturated heterocycles. The summed E-state index contributed by atoms with van der Waals surface area (Å²) in [5, 5.41) is 9.14. The molecule has 2 heterocycles. The van der Waals surface area contributed by atoms with Gasteiger partial charge in [0, 0.05) is 31.5 Å². The normalized spacial score (nSPS) is 14.5. The van der Waals surface area contributed by atoms with E-state index in [1.54, 1.807) is 12.1 Å². The summed E-state index contributed by atoms with van der Waals surface area (Å²) in [6.07, 6.45) is 6.25. The van der Waals surface area contributed by atoms with E-state index in [4.69, 9.17) is 14.6 Å². The van der Waals surface area contributed by atoms with Crippen molar-refractivity contribution in [2.45, 2.75) is 58.8 Å². The molecule has 33 heavy (non-hydrogen) atoms. The lowest BCUT2D eigenvalue weighted by atomic mass is 9.93. The second-order valence-electron chi connectivity index (χ2n) is 8.63. The highest BCUT2D eigenvalue weighted by Gasteiger charge is 2.23. The Kier molecular flexibility index (Phi) is 9.73. The van der Waals surface area contributed by atoms with E-state index >= 15 is 8.78 Å². The van der Waals surface area contributed by atoms with Gasteiger partial charge >= 0.3 is 0 Å². The van der Waals surface area contributed by atoms with Gasteiger partial charge in [0.1, 0.15) is 11.6 Å². The number of unbranched alkanes of at least 4 members (excludes halogenated alkanes) is 2. The Morgan fingerprint density at radius 1 is 1.00 bits per heavy atom. The van der Waals surface area contributed by atoms with E-state index in [0.29, 0.717) is 30.7 Å². The summed E-state index contributed by atoms with van der Waals surface area (Å²) >= 11 is 0. The third-order valence-corrected chi connectivity index (χ3v) is 6.13. The maximum atomic E-state index is 15.3. The van der Waals surface area contributed by atoms with E-state index in [0.717, 1.165) is 58.0 Å². The van der Waals surface area contributed by atoms with Gasteiger partial charge in [0.2, 0.25) is 11.8 Å². The molecule has 182 valence electrons. The highest BCUT2D eigenvalue weighted by atomic mass is 19.1. The van der Waals surface area contributed by atoms with Gasteiger partial charge in [0.15, 0.2) is 0 Å². The third kappa shape index (κ3) is 6.79. The van der Waals surface area contributed by atoms with E-state index in [1.165, 1.54) is 12.1 Å². The van der Waals surface area contributed by atoms with Crippen molar-refractivity contribution >= 4 is 5.69 Å². The number of aromatic nitrogens is 1. The second-order valence-corrected chi connectivity index (χ2v) is 8.63. The largest absolute Gasteiger partial charge is 0.478 e. The maximum Gasteiger partial charge on any atom is 0.224 e. The lowest BCUT2D eigenvalue weighted by Crippen LogP contribution is -2.34. The van der Waals surface area contributed by atoms with E-state index < -0.39 is 11.6 Å². The van der Waals surface area contributed by atoms with Crippen molar-refractivity contribution in [2.24, 2.45) is 5.92 Å². The van der Waals surface area contributed by atoms with Crippen molar-refractivity contribution in [2.75, 3.05) is 37.8 Å². The van der Waals surface area contributed by atoms with Gasteiger partial charge < -0.3 is 19.5 Å². The SMILES string of the molecule is CCCCOc1ccc(-c2c(F)cc(N3CCC(CCO)CC3)cc2F)c(OCCCC)n1. The van der Waals surface area contributed by atoms with Crippen LogP contribution >= 0.6 is 0 Å². The molecule has 0 radical (unpaired) electrons. The summed E-state index contributed by atoms with van der Waals surface area (Å²) in [4.78, 5) is 6.41. The van der Waals surface area contributed by atoms with Crippen LogP contribution in [0.25, 0.3) is 11.1 Å². The zero-order valence-corrected chi connectivity index (χ0v) is 19.8. The van der Waals surface area contributed by atoms with Crippen molar-refractivity contribution in [3.05, 3.63) is 35.9 Å². The molecule has 1 aromatic heterocycles. The van der Waals surface area contributed by atoms with Crippen LogP contribution in [0.15, 0.2) is 24.3 Å². The van der Waals surface area contributed by atoms with Crippen LogP contribution in [0.1, 0.15) is 58.8 Å². The van der Waals surface area contributed by atoms with Crippen LogP contribution in [0, 0.1) is 17.6 Å². The first-order valence-electron chi connectivity index (χ1n) is 12.2. The van der Waals surface area contributed by atoms with E-state index in [1.807, 2.05) is 11.8 Å². The summed E-state index contributed by atoms with van der Waals surface area (Å²) in [5.74, 6) is -0.226. The average Bonchev–Trinajstić information content (AvgIpc) is 2.81. The second kappa shape index (κ2) is 12.7. The Hall–Kier alpha value is -2.41. The predicted octanol–water partition coefficient (Wildman–Crippen LogP) is 5.98. The first-order chi connectivity index (χ1) is 16.1. The molecule has 1 aliphatic heterocycles. The molecule has 1 aromatic carbocycles. The number of benzene rings is 1. The summed E-state index contributed by atoms with van der Waals surface area (Å²) in [5.41, 5.74) is 0.697. The summed E-state index contributed by atoms with van der Waals surface area (Å²) in [6, 6.07) is 6.05. The van der Waals surface area contributed by atoms with Crippen molar-refractivity contribution in [1.82, 2.24) is 4.98 Å². The minimum atomic E-state index is -0.635. The van der Waals surface area contributed by atoms with Gasteiger partial charge in [-0.25, -0.2) is 8.78 Å². The first-order valence-corrected chi connectivity index (χ1v) is 12.2. The topological polar surface area (TPSA) is 54.8 Å². The Morgan fingerprint density at radius 3 is 2.24 bits per heavy atom. The van der Waals surface area contributed by atoms with Crippen LogP contribution in [0.5, 0.6) is 11.8 Å². The molecule has 0 unspecified atom stereocenters. The lowest BCUT2D eigenvalue weighted by Gasteiger charge is -2.33. The van der Waals surface area contributed by atoms with E-state index in [-0.39, 0.29) is 23.6 Å². The standard InChI is InChI=1S/C26H36F2N2O3/c1-3-5-15-32-24-8-7-21(26(29-24)33-16-6-4-2)25-22(27)17-20(18-23(25)28)30-12-9-19(10-13-30)11-14-31/h7-8,17-19,31H,3-6,9-16H2,1-2H3. The minimum absolute atomic E-state index is 0.131. The molecule has 0 aliphatic carbocycles. The Balaban J connectivity index is 1.85. The number of ether oxygens (including phenoxy) is 2. The van der Waals surface area contributed by atoms with Gasteiger partial charge in [-0.3, -0.25) is 0 Å². The fourth-order valence-corrected chi connectivity index (χ4v) is 4.10. The number of anilines is 1. The smallest absolute Gasteiger partial charge is 0.224 e. The van der Waals surface area contributed by atoms with E-state index in [9.17, 15) is 0 Å². The molecule has 5 nitrogen and oxygen atoms in total. The van der Waals surface area contributed by atoms with Crippen LogP contribution in [0.4, 0.5) is 14.5 Å². The Bertz CT molecular complexity index is 863. The summed E-state index contributed by atoms with van der Waals surface area (Å²) in [7, 11) is 0. The zero-order chi connectivity index (χ0) is 23.6. The number of halogens is 2. The van der Waals surface area contributed by atoms with Gasteiger partial charge in [-0.2, -0.15) is 4.98 Å². The van der Waals surface area contributed by atoms with Crippen LogP contribution in [0.2, 0.25) is 0 Å². The molecule has 0 atom stereocenters. The molecule has 0 spiro atoms. The first kappa shape index (κ1) is 25.2. The minimum Gasteiger partial charge on any atom is -0.478 e. The van der Waals surface area contributed by atoms with Crippen molar-refractivity contribution in [3.8, 4) is 22.9 Å². The highest BCUT2D eigenvalue weighted by Crippen LogP contribution is 2.37. The van der Waals surface area contributed by atoms with Gasteiger partial charge in [-0.05, 0) is 56.2 Å². The molecule has 1 N–H and O–H groups in total. The van der Waals surface area contributed by atoms with Crippen LogP contribution in [0.3, 0.4) is 0 Å².